The van der Waals surface area contributed by atoms with E-state index >= 15 is 0 Å². The van der Waals surface area contributed by atoms with Crippen molar-refractivity contribution in [1.82, 2.24) is 4.90 Å². The lowest BCUT2D eigenvalue weighted by Crippen LogP contribution is -2.72. The molecule has 5 aliphatic heterocycles. The number of rotatable bonds is 6. The summed E-state index contributed by atoms with van der Waals surface area (Å²) in [5, 5.41) is 11.5. The average molecular weight is 521 g/mol. The highest BCUT2D eigenvalue weighted by atomic mass is 16.5. The first-order valence-electron chi connectivity index (χ1n) is 13.7. The fourth-order valence-corrected chi connectivity index (χ4v) is 9.41. The van der Waals surface area contributed by atoms with Gasteiger partial charge in [0.25, 0.3) is 0 Å². The summed E-state index contributed by atoms with van der Waals surface area (Å²) in [4.78, 5) is 18.7. The summed E-state index contributed by atoms with van der Waals surface area (Å²) in [6.07, 6.45) is 2.09. The van der Waals surface area contributed by atoms with E-state index in [0.29, 0.717) is 28.7 Å². The highest BCUT2D eigenvalue weighted by molar-refractivity contribution is 5.91. The van der Waals surface area contributed by atoms with E-state index in [1.165, 1.54) is 11.3 Å². The van der Waals surface area contributed by atoms with Crippen molar-refractivity contribution in [3.8, 4) is 17.2 Å². The van der Waals surface area contributed by atoms with Gasteiger partial charge in [-0.05, 0) is 48.9 Å². The molecule has 3 unspecified atom stereocenters. The summed E-state index contributed by atoms with van der Waals surface area (Å²) in [6, 6.07) is 12.5. The van der Waals surface area contributed by atoms with Crippen LogP contribution in [0.3, 0.4) is 0 Å². The van der Waals surface area contributed by atoms with Gasteiger partial charge in [0.15, 0.2) is 11.5 Å². The summed E-state index contributed by atoms with van der Waals surface area (Å²) in [6.45, 7) is 2.17. The fraction of sp³-hybridized carbons (Fsp3) is 0.567. The van der Waals surface area contributed by atoms with Gasteiger partial charge >= 0.3 is 5.97 Å². The molecule has 6 aliphatic rings. The number of carbonyl (C=O) groups excluding carboxylic acids is 1. The van der Waals surface area contributed by atoms with Crippen molar-refractivity contribution < 1.29 is 28.8 Å². The van der Waals surface area contributed by atoms with Gasteiger partial charge in [-0.2, -0.15) is 0 Å². The lowest BCUT2D eigenvalue weighted by molar-refractivity contribution is -0.211. The topological polar surface area (TPSA) is 80.7 Å². The number of aliphatic hydroxyl groups excluding tert-OH is 1. The Kier molecular flexibility index (Phi) is 5.24. The maximum absolute atomic E-state index is 13.9. The van der Waals surface area contributed by atoms with Crippen LogP contribution < -0.4 is 19.1 Å². The molecule has 10 atom stereocenters. The molecule has 1 spiro atoms. The second-order valence-corrected chi connectivity index (χ2v) is 11.6. The molecule has 38 heavy (non-hydrogen) atoms. The lowest BCUT2D eigenvalue weighted by Gasteiger charge is -2.62. The molecular formula is C30H36N2O6. The summed E-state index contributed by atoms with van der Waals surface area (Å²) in [5.74, 6) is 1.58. The van der Waals surface area contributed by atoms with Crippen molar-refractivity contribution in [1.29, 1.82) is 0 Å². The van der Waals surface area contributed by atoms with Crippen LogP contribution in [-0.4, -0.2) is 74.8 Å². The van der Waals surface area contributed by atoms with Gasteiger partial charge in [-0.25, -0.2) is 4.79 Å². The largest absolute Gasteiger partial charge is 0.493 e. The summed E-state index contributed by atoms with van der Waals surface area (Å²) in [7, 11) is 6.80. The van der Waals surface area contributed by atoms with Gasteiger partial charge in [0.05, 0.1) is 38.3 Å². The SMILES string of the molecule is CC[C@H]1[C@@H]2C[C@H]3[C@@H]4N(C)c5ccccc5[C@]45C[C@@H](C2C5OC(=O)c2cc(OC)c(OC)c(OC)c2)N3[C@H]1O. The molecule has 0 radical (unpaired) electrons. The molecule has 1 N–H and O–H groups in total. The number of piperidine rings is 4. The molecule has 2 aromatic rings. The molecule has 5 heterocycles. The molecular weight excluding hydrogens is 484 g/mol. The monoisotopic (exact) mass is 520 g/mol. The first-order valence-corrected chi connectivity index (χ1v) is 13.7. The van der Waals surface area contributed by atoms with Crippen molar-refractivity contribution >= 4 is 11.7 Å². The molecule has 8 rings (SSSR count). The van der Waals surface area contributed by atoms with E-state index in [4.69, 9.17) is 18.9 Å². The van der Waals surface area contributed by atoms with Crippen LogP contribution in [-0.2, 0) is 10.2 Å². The van der Waals surface area contributed by atoms with Gasteiger partial charge in [-0.1, -0.05) is 25.1 Å². The van der Waals surface area contributed by atoms with Crippen LogP contribution >= 0.6 is 0 Å². The third kappa shape index (κ3) is 2.75. The molecule has 4 saturated heterocycles. The smallest absolute Gasteiger partial charge is 0.338 e. The van der Waals surface area contributed by atoms with E-state index in [1.54, 1.807) is 33.5 Å². The number of benzene rings is 2. The van der Waals surface area contributed by atoms with E-state index in [-0.39, 0.29) is 47.4 Å². The molecule has 1 aliphatic carbocycles. The number of hydrogen-bond acceptors (Lipinski definition) is 8. The predicted molar refractivity (Wildman–Crippen MR) is 141 cm³/mol. The number of carbonyl (C=O) groups is 1. The average Bonchev–Trinajstić information content (AvgIpc) is 3.34. The Labute approximate surface area is 223 Å². The Morgan fingerprint density at radius 1 is 1.08 bits per heavy atom. The van der Waals surface area contributed by atoms with Crippen LogP contribution in [0, 0.1) is 17.8 Å². The molecule has 0 aromatic heterocycles. The summed E-state index contributed by atoms with van der Waals surface area (Å²) in [5.41, 5.74) is 2.55. The maximum atomic E-state index is 13.9. The van der Waals surface area contributed by atoms with Crippen molar-refractivity contribution in [3.63, 3.8) is 0 Å². The molecule has 5 fully saturated rings. The maximum Gasteiger partial charge on any atom is 0.338 e. The first kappa shape index (κ1) is 24.1. The molecule has 0 amide bonds. The third-order valence-electron chi connectivity index (χ3n) is 10.6. The standard InChI is InChI=1S/C30H36N2O6/c1-6-16-17-13-20-26-30(18-9-7-8-10-19(18)31(26)2)14-21(32(20)28(16)33)24(17)27(30)38-29(34)15-11-22(35-3)25(37-5)23(12-15)36-4/h7-12,16-17,20-21,24,26-28,33H,6,13-14H2,1-5H3/t16-,17-,20-,21-,24?,26-,27?,28-,30+/m0/s1. The Morgan fingerprint density at radius 3 is 2.45 bits per heavy atom. The quantitative estimate of drug-likeness (QED) is 0.581. The Balaban J connectivity index is 1.35. The number of nitrogens with zero attached hydrogens (tertiary/aromatic N) is 2. The van der Waals surface area contributed by atoms with Gasteiger partial charge in [-0.15, -0.1) is 0 Å². The number of ether oxygens (including phenoxy) is 4. The minimum atomic E-state index is -0.440. The second-order valence-electron chi connectivity index (χ2n) is 11.6. The zero-order valence-corrected chi connectivity index (χ0v) is 22.6. The zero-order chi connectivity index (χ0) is 26.5. The van der Waals surface area contributed by atoms with E-state index in [0.717, 1.165) is 19.3 Å². The van der Waals surface area contributed by atoms with Crippen molar-refractivity contribution in [2.75, 3.05) is 33.3 Å². The van der Waals surface area contributed by atoms with E-state index in [1.807, 2.05) is 0 Å². The molecule has 202 valence electrons. The first-order chi connectivity index (χ1) is 18.4. The van der Waals surface area contributed by atoms with Crippen LogP contribution in [0.4, 0.5) is 5.69 Å². The second kappa shape index (κ2) is 8.26. The van der Waals surface area contributed by atoms with Crippen LogP contribution in [0.25, 0.3) is 0 Å². The molecule has 6 bridgehead atoms. The number of likely N-dealkylation sites (N-methyl/N-ethyl adjacent to an activating group) is 1. The molecule has 1 saturated carbocycles. The number of esters is 1. The van der Waals surface area contributed by atoms with Crippen LogP contribution in [0.15, 0.2) is 36.4 Å². The number of aliphatic hydroxyl groups is 1. The van der Waals surface area contributed by atoms with Crippen LogP contribution in [0.1, 0.15) is 42.1 Å². The Bertz CT molecular complexity index is 1270. The van der Waals surface area contributed by atoms with Crippen LogP contribution in [0.2, 0.25) is 0 Å². The van der Waals surface area contributed by atoms with E-state index in [9.17, 15) is 9.90 Å². The van der Waals surface area contributed by atoms with E-state index in [2.05, 4.69) is 48.0 Å². The highest BCUT2D eigenvalue weighted by Gasteiger charge is 2.77. The van der Waals surface area contributed by atoms with Crippen molar-refractivity contribution in [3.05, 3.63) is 47.5 Å². The minimum Gasteiger partial charge on any atom is -0.493 e. The fourth-order valence-electron chi connectivity index (χ4n) is 9.41. The number of hydrogen-bond donors (Lipinski definition) is 1. The normalized spacial score (nSPS) is 39.1. The highest BCUT2D eigenvalue weighted by Crippen LogP contribution is 2.69. The number of para-hydroxylation sites is 1. The van der Waals surface area contributed by atoms with Gasteiger partial charge < -0.3 is 29.0 Å². The lowest BCUT2D eigenvalue weighted by atomic mass is 9.62. The number of fused-ring (bicyclic) bond motifs is 2. The van der Waals surface area contributed by atoms with Gasteiger partial charge in [-0.3, -0.25) is 4.90 Å². The van der Waals surface area contributed by atoms with Gasteiger partial charge in [0.1, 0.15) is 12.3 Å². The van der Waals surface area contributed by atoms with Crippen LogP contribution in [0.5, 0.6) is 17.2 Å². The minimum absolute atomic E-state index is 0.136. The van der Waals surface area contributed by atoms with E-state index < -0.39 is 6.23 Å². The predicted octanol–water partition coefficient (Wildman–Crippen LogP) is 3.45. The molecule has 8 nitrogen and oxygen atoms in total. The van der Waals surface area contributed by atoms with Gasteiger partial charge in [0.2, 0.25) is 5.75 Å². The Hall–Kier alpha value is -2.97. The number of methoxy groups -OCH3 is 3. The Morgan fingerprint density at radius 2 is 1.79 bits per heavy atom. The summed E-state index contributed by atoms with van der Waals surface area (Å²) >= 11 is 0. The number of anilines is 1. The van der Waals surface area contributed by atoms with Crippen molar-refractivity contribution in [2.45, 2.75) is 62.1 Å². The third-order valence-corrected chi connectivity index (χ3v) is 10.6. The molecule has 2 aromatic carbocycles. The zero-order valence-electron chi connectivity index (χ0n) is 22.6. The van der Waals surface area contributed by atoms with Crippen molar-refractivity contribution in [2.24, 2.45) is 17.8 Å². The summed E-state index contributed by atoms with van der Waals surface area (Å²) < 4.78 is 23.2. The van der Waals surface area contributed by atoms with Gasteiger partial charge in [0, 0.05) is 36.7 Å². The molecule has 8 heteroatoms.